The molecule has 0 saturated carbocycles. The van der Waals surface area contributed by atoms with E-state index in [1.165, 1.54) is 0 Å². The van der Waals surface area contributed by atoms with Gasteiger partial charge in [0.25, 0.3) is 0 Å². The summed E-state index contributed by atoms with van der Waals surface area (Å²) in [5, 5.41) is 0. The molecule has 3 nitrogen and oxygen atoms in total. The summed E-state index contributed by atoms with van der Waals surface area (Å²) in [6.07, 6.45) is 1.12. The van der Waals surface area contributed by atoms with Gasteiger partial charge in [-0.15, -0.1) is 0 Å². The Morgan fingerprint density at radius 2 is 2.21 bits per heavy atom. The van der Waals surface area contributed by atoms with Crippen molar-refractivity contribution in [2.24, 2.45) is 5.41 Å². The van der Waals surface area contributed by atoms with Crippen molar-refractivity contribution in [3.05, 3.63) is 23.8 Å². The van der Waals surface area contributed by atoms with Gasteiger partial charge in [-0.1, -0.05) is 20.8 Å². The van der Waals surface area contributed by atoms with Gasteiger partial charge < -0.3 is 9.72 Å². The fourth-order valence-electron chi connectivity index (χ4n) is 0.846. The van der Waals surface area contributed by atoms with Crippen LogP contribution in [0.25, 0.3) is 0 Å². The number of aromatic amines is 1. The van der Waals surface area contributed by atoms with Crippen molar-refractivity contribution < 1.29 is 13.9 Å². The fourth-order valence-corrected chi connectivity index (χ4v) is 0.846. The van der Waals surface area contributed by atoms with Crippen LogP contribution in [0.4, 0.5) is 4.39 Å². The Kier molecular flexibility index (Phi) is 2.93. The van der Waals surface area contributed by atoms with E-state index in [0.717, 1.165) is 12.3 Å². The summed E-state index contributed by atoms with van der Waals surface area (Å²) in [5.74, 6) is -0.989. The van der Waals surface area contributed by atoms with E-state index >= 15 is 0 Å². The van der Waals surface area contributed by atoms with Crippen LogP contribution in [0, 0.1) is 11.2 Å². The molecule has 0 saturated heterocycles. The largest absolute Gasteiger partial charge is 0.460 e. The average Bonchev–Trinajstić information content (AvgIpc) is 2.46. The van der Waals surface area contributed by atoms with Crippen LogP contribution in [0.15, 0.2) is 12.3 Å². The summed E-state index contributed by atoms with van der Waals surface area (Å²) >= 11 is 0. The maximum absolute atomic E-state index is 12.5. The summed E-state index contributed by atoms with van der Waals surface area (Å²) in [6, 6.07) is 1.12. The van der Waals surface area contributed by atoms with Crippen LogP contribution in [0.5, 0.6) is 0 Å². The molecule has 14 heavy (non-hydrogen) atoms. The number of carbonyl (C=O) groups is 1. The number of nitrogens with one attached hydrogen (secondary N) is 1. The van der Waals surface area contributed by atoms with E-state index in [4.69, 9.17) is 4.74 Å². The Morgan fingerprint density at radius 3 is 2.64 bits per heavy atom. The minimum absolute atomic E-state index is 0.0825. The predicted molar refractivity (Wildman–Crippen MR) is 50.5 cm³/mol. The second kappa shape index (κ2) is 3.82. The lowest BCUT2D eigenvalue weighted by atomic mass is 9.99. The van der Waals surface area contributed by atoms with Crippen molar-refractivity contribution in [2.45, 2.75) is 20.8 Å². The lowest BCUT2D eigenvalue weighted by Gasteiger charge is -2.17. The van der Waals surface area contributed by atoms with E-state index in [0.29, 0.717) is 6.61 Å². The number of ether oxygens (including phenoxy) is 1. The van der Waals surface area contributed by atoms with Gasteiger partial charge >= 0.3 is 5.97 Å². The minimum atomic E-state index is -0.524. The fraction of sp³-hybridized carbons (Fsp3) is 0.500. The molecule has 0 fully saturated rings. The second-order valence-corrected chi connectivity index (χ2v) is 4.37. The van der Waals surface area contributed by atoms with Crippen LogP contribution in [0.3, 0.4) is 0 Å². The third kappa shape index (κ3) is 3.20. The van der Waals surface area contributed by atoms with E-state index in [9.17, 15) is 9.18 Å². The SMILES string of the molecule is CC(C)(C)COC(=O)c1cc(F)c[nH]1. The summed E-state index contributed by atoms with van der Waals surface area (Å²) in [6.45, 7) is 6.17. The average molecular weight is 199 g/mol. The van der Waals surface area contributed by atoms with Crippen LogP contribution < -0.4 is 0 Å². The molecule has 0 radical (unpaired) electrons. The molecule has 0 spiro atoms. The number of rotatable bonds is 2. The van der Waals surface area contributed by atoms with Crippen LogP contribution in [0.1, 0.15) is 31.3 Å². The standard InChI is InChI=1S/C10H14FNO2/c1-10(2,3)6-14-9(13)8-4-7(11)5-12-8/h4-5,12H,6H2,1-3H3. The smallest absolute Gasteiger partial charge is 0.354 e. The Hall–Kier alpha value is -1.32. The molecule has 0 aliphatic heterocycles. The molecule has 4 heteroatoms. The number of halogens is 1. The summed E-state index contributed by atoms with van der Waals surface area (Å²) < 4.78 is 17.5. The molecule has 1 N–H and O–H groups in total. The lowest BCUT2D eigenvalue weighted by molar-refractivity contribution is 0.0361. The zero-order chi connectivity index (χ0) is 10.8. The topological polar surface area (TPSA) is 42.1 Å². The molecule has 0 aliphatic carbocycles. The van der Waals surface area contributed by atoms with Crippen molar-refractivity contribution in [1.82, 2.24) is 4.98 Å². The van der Waals surface area contributed by atoms with E-state index < -0.39 is 11.8 Å². The Labute approximate surface area is 82.3 Å². The molecule has 1 heterocycles. The first-order valence-corrected chi connectivity index (χ1v) is 4.39. The summed E-state index contributed by atoms with van der Waals surface area (Å²) in [5.41, 5.74) is 0.0626. The van der Waals surface area contributed by atoms with Gasteiger partial charge in [-0.3, -0.25) is 0 Å². The highest BCUT2D eigenvalue weighted by Gasteiger charge is 2.16. The molecule has 0 unspecified atom stereocenters. The number of hydrogen-bond donors (Lipinski definition) is 1. The van der Waals surface area contributed by atoms with E-state index in [1.54, 1.807) is 0 Å². The first-order chi connectivity index (χ1) is 6.38. The molecule has 78 valence electrons. The van der Waals surface area contributed by atoms with Gasteiger partial charge in [-0.05, 0) is 5.41 Å². The van der Waals surface area contributed by atoms with Crippen molar-refractivity contribution in [2.75, 3.05) is 6.61 Å². The Balaban J connectivity index is 2.52. The van der Waals surface area contributed by atoms with E-state index in [2.05, 4.69) is 4.98 Å². The Morgan fingerprint density at radius 1 is 1.57 bits per heavy atom. The summed E-state index contributed by atoms with van der Waals surface area (Å²) in [7, 11) is 0. The lowest BCUT2D eigenvalue weighted by Crippen LogP contribution is -2.18. The predicted octanol–water partition coefficient (Wildman–Crippen LogP) is 2.36. The van der Waals surface area contributed by atoms with Gasteiger partial charge in [0.2, 0.25) is 0 Å². The molecule has 0 bridgehead atoms. The van der Waals surface area contributed by atoms with Crippen LogP contribution in [-0.4, -0.2) is 17.6 Å². The Bertz CT molecular complexity index is 325. The highest BCUT2D eigenvalue weighted by Crippen LogP contribution is 2.14. The zero-order valence-electron chi connectivity index (χ0n) is 8.56. The first kappa shape index (κ1) is 10.8. The monoisotopic (exact) mass is 199 g/mol. The molecule has 0 aromatic carbocycles. The molecule has 0 amide bonds. The molecular weight excluding hydrogens is 185 g/mol. The minimum Gasteiger partial charge on any atom is -0.460 e. The highest BCUT2D eigenvalue weighted by atomic mass is 19.1. The van der Waals surface area contributed by atoms with Gasteiger partial charge in [0.1, 0.15) is 11.5 Å². The third-order valence-electron chi connectivity index (χ3n) is 1.50. The second-order valence-electron chi connectivity index (χ2n) is 4.37. The number of H-pyrrole nitrogens is 1. The third-order valence-corrected chi connectivity index (χ3v) is 1.50. The maximum Gasteiger partial charge on any atom is 0.354 e. The van der Waals surface area contributed by atoms with Crippen LogP contribution in [0.2, 0.25) is 0 Å². The van der Waals surface area contributed by atoms with Crippen molar-refractivity contribution in [1.29, 1.82) is 0 Å². The van der Waals surface area contributed by atoms with Crippen LogP contribution in [-0.2, 0) is 4.74 Å². The molecule has 1 aromatic heterocycles. The van der Waals surface area contributed by atoms with Gasteiger partial charge in [0, 0.05) is 12.3 Å². The molecular formula is C10H14FNO2. The normalized spacial score (nSPS) is 11.4. The van der Waals surface area contributed by atoms with E-state index in [-0.39, 0.29) is 11.1 Å². The summed E-state index contributed by atoms with van der Waals surface area (Å²) in [4.78, 5) is 13.8. The number of esters is 1. The zero-order valence-corrected chi connectivity index (χ0v) is 8.56. The van der Waals surface area contributed by atoms with Gasteiger partial charge in [-0.25, -0.2) is 9.18 Å². The van der Waals surface area contributed by atoms with Crippen molar-refractivity contribution >= 4 is 5.97 Å². The highest BCUT2D eigenvalue weighted by molar-refractivity contribution is 5.87. The van der Waals surface area contributed by atoms with Crippen molar-refractivity contribution in [3.63, 3.8) is 0 Å². The van der Waals surface area contributed by atoms with Gasteiger partial charge in [-0.2, -0.15) is 0 Å². The number of hydrogen-bond acceptors (Lipinski definition) is 2. The molecule has 0 aliphatic rings. The van der Waals surface area contributed by atoms with E-state index in [1.807, 2.05) is 20.8 Å². The number of carbonyl (C=O) groups excluding carboxylic acids is 1. The molecule has 0 atom stereocenters. The first-order valence-electron chi connectivity index (χ1n) is 4.39. The number of aromatic nitrogens is 1. The van der Waals surface area contributed by atoms with Gasteiger partial charge in [0.05, 0.1) is 6.61 Å². The van der Waals surface area contributed by atoms with Gasteiger partial charge in [0.15, 0.2) is 0 Å². The maximum atomic E-state index is 12.5. The molecule has 1 aromatic rings. The van der Waals surface area contributed by atoms with Crippen LogP contribution >= 0.6 is 0 Å². The quantitative estimate of drug-likeness (QED) is 0.743. The van der Waals surface area contributed by atoms with Crippen molar-refractivity contribution in [3.8, 4) is 0 Å². The molecule has 1 rings (SSSR count).